The van der Waals surface area contributed by atoms with Gasteiger partial charge in [-0.1, -0.05) is 6.42 Å². The van der Waals surface area contributed by atoms with E-state index in [1.165, 1.54) is 19.3 Å². The van der Waals surface area contributed by atoms with Crippen molar-refractivity contribution >= 4 is 11.8 Å². The molecule has 1 saturated carbocycles. The molecule has 114 valence electrons. The van der Waals surface area contributed by atoms with Crippen molar-refractivity contribution in [2.24, 2.45) is 11.7 Å². The molecule has 5 nitrogen and oxygen atoms in total. The summed E-state index contributed by atoms with van der Waals surface area (Å²) in [5, 5.41) is 6.56. The van der Waals surface area contributed by atoms with E-state index in [0.29, 0.717) is 12.5 Å². The normalized spacial score (nSPS) is 30.7. The van der Waals surface area contributed by atoms with Crippen LogP contribution in [0.3, 0.4) is 0 Å². The Bertz CT molecular complexity index is 332. The van der Waals surface area contributed by atoms with Crippen molar-refractivity contribution in [1.29, 1.82) is 0 Å². The van der Waals surface area contributed by atoms with Gasteiger partial charge in [0.15, 0.2) is 0 Å². The first-order valence-electron chi connectivity index (χ1n) is 7.97. The second-order valence-corrected chi connectivity index (χ2v) is 6.20. The van der Waals surface area contributed by atoms with Gasteiger partial charge in [0, 0.05) is 24.4 Å². The molecule has 2 amide bonds. The molecule has 1 unspecified atom stereocenters. The maximum absolute atomic E-state index is 11.9. The van der Waals surface area contributed by atoms with Gasteiger partial charge >= 0.3 is 0 Å². The molecule has 4 N–H and O–H groups in total. The van der Waals surface area contributed by atoms with Crippen molar-refractivity contribution < 1.29 is 9.59 Å². The van der Waals surface area contributed by atoms with Crippen LogP contribution in [0, 0.1) is 5.92 Å². The molecular weight excluding hydrogens is 254 g/mol. The Morgan fingerprint density at radius 2 is 1.85 bits per heavy atom. The molecule has 20 heavy (non-hydrogen) atoms. The van der Waals surface area contributed by atoms with E-state index in [-0.39, 0.29) is 23.8 Å². The summed E-state index contributed by atoms with van der Waals surface area (Å²) in [4.78, 5) is 23.0. The Labute approximate surface area is 121 Å². The van der Waals surface area contributed by atoms with Crippen LogP contribution < -0.4 is 16.4 Å². The smallest absolute Gasteiger partial charge is 0.220 e. The van der Waals surface area contributed by atoms with Crippen LogP contribution in [-0.2, 0) is 9.59 Å². The molecule has 1 aliphatic carbocycles. The van der Waals surface area contributed by atoms with Crippen LogP contribution in [-0.4, -0.2) is 30.4 Å². The first-order chi connectivity index (χ1) is 9.65. The summed E-state index contributed by atoms with van der Waals surface area (Å²) in [6, 6.07) is 0.748. The highest BCUT2D eigenvalue weighted by Gasteiger charge is 2.25. The maximum atomic E-state index is 11.9. The maximum Gasteiger partial charge on any atom is 0.220 e. The zero-order valence-electron chi connectivity index (χ0n) is 12.2. The van der Waals surface area contributed by atoms with Crippen LogP contribution >= 0.6 is 0 Å². The number of piperidine rings is 1. The summed E-state index contributed by atoms with van der Waals surface area (Å²) in [5.41, 5.74) is 5.31. The largest absolute Gasteiger partial charge is 0.369 e. The lowest BCUT2D eigenvalue weighted by atomic mass is 9.85. The van der Waals surface area contributed by atoms with Crippen molar-refractivity contribution in [2.45, 2.75) is 69.9 Å². The van der Waals surface area contributed by atoms with Crippen LogP contribution in [0.25, 0.3) is 0 Å². The number of carbonyl (C=O) groups is 2. The molecular formula is C15H27N3O2. The summed E-state index contributed by atoms with van der Waals surface area (Å²) in [6.45, 7) is 1.09. The van der Waals surface area contributed by atoms with E-state index in [9.17, 15) is 9.59 Å². The molecule has 1 aliphatic heterocycles. The number of rotatable bonds is 5. The Hall–Kier alpha value is -1.10. The SMILES string of the molecule is NC(=O)C1CCC(NC(=O)CCC2CCCCN2)CC1. The van der Waals surface area contributed by atoms with Gasteiger partial charge < -0.3 is 16.4 Å². The second-order valence-electron chi connectivity index (χ2n) is 6.20. The summed E-state index contributed by atoms with van der Waals surface area (Å²) in [5.74, 6) is -0.0346. The first-order valence-corrected chi connectivity index (χ1v) is 7.97. The number of nitrogens with two attached hydrogens (primary N) is 1. The van der Waals surface area contributed by atoms with Crippen molar-refractivity contribution in [3.63, 3.8) is 0 Å². The van der Waals surface area contributed by atoms with Crippen molar-refractivity contribution in [3.8, 4) is 0 Å². The molecule has 0 radical (unpaired) electrons. The van der Waals surface area contributed by atoms with Crippen molar-refractivity contribution in [1.82, 2.24) is 10.6 Å². The molecule has 5 heteroatoms. The highest BCUT2D eigenvalue weighted by atomic mass is 16.2. The van der Waals surface area contributed by atoms with Gasteiger partial charge in [0.2, 0.25) is 11.8 Å². The number of primary amides is 1. The van der Waals surface area contributed by atoms with Crippen LogP contribution in [0.15, 0.2) is 0 Å². The fourth-order valence-electron chi connectivity index (χ4n) is 3.30. The van der Waals surface area contributed by atoms with E-state index in [2.05, 4.69) is 10.6 Å². The Kier molecular flexibility index (Phi) is 5.83. The third kappa shape index (κ3) is 4.78. The summed E-state index contributed by atoms with van der Waals surface area (Å²) in [6.07, 6.45) is 8.63. The lowest BCUT2D eigenvalue weighted by molar-refractivity contribution is -0.123. The molecule has 1 saturated heterocycles. The van der Waals surface area contributed by atoms with E-state index >= 15 is 0 Å². The van der Waals surface area contributed by atoms with Gasteiger partial charge in [0.1, 0.15) is 0 Å². The van der Waals surface area contributed by atoms with Crippen LogP contribution in [0.5, 0.6) is 0 Å². The van der Waals surface area contributed by atoms with Gasteiger partial charge in [0.05, 0.1) is 0 Å². The molecule has 0 aromatic heterocycles. The van der Waals surface area contributed by atoms with Crippen LogP contribution in [0.4, 0.5) is 0 Å². The molecule has 1 atom stereocenters. The van der Waals surface area contributed by atoms with E-state index in [1.807, 2.05) is 0 Å². The van der Waals surface area contributed by atoms with Gasteiger partial charge in [-0.3, -0.25) is 9.59 Å². The second kappa shape index (κ2) is 7.62. The molecule has 2 aliphatic rings. The van der Waals surface area contributed by atoms with Gasteiger partial charge in [-0.15, -0.1) is 0 Å². The fraction of sp³-hybridized carbons (Fsp3) is 0.867. The molecule has 0 aromatic carbocycles. The zero-order chi connectivity index (χ0) is 14.4. The minimum atomic E-state index is -0.196. The first kappa shape index (κ1) is 15.3. The van der Waals surface area contributed by atoms with E-state index in [0.717, 1.165) is 38.6 Å². The number of amides is 2. The van der Waals surface area contributed by atoms with Crippen LogP contribution in [0.2, 0.25) is 0 Å². The topological polar surface area (TPSA) is 84.2 Å². The summed E-state index contributed by atoms with van der Waals surface area (Å²) in [7, 11) is 0. The van der Waals surface area contributed by atoms with Gasteiger partial charge in [-0.25, -0.2) is 0 Å². The zero-order valence-corrected chi connectivity index (χ0v) is 12.2. The average molecular weight is 281 g/mol. The number of carbonyl (C=O) groups excluding carboxylic acids is 2. The lowest BCUT2D eigenvalue weighted by Gasteiger charge is -2.28. The number of hydrogen-bond acceptors (Lipinski definition) is 3. The van der Waals surface area contributed by atoms with Crippen molar-refractivity contribution in [3.05, 3.63) is 0 Å². The minimum Gasteiger partial charge on any atom is -0.369 e. The van der Waals surface area contributed by atoms with E-state index in [4.69, 9.17) is 5.73 Å². The Morgan fingerprint density at radius 1 is 1.10 bits per heavy atom. The van der Waals surface area contributed by atoms with Crippen LogP contribution in [0.1, 0.15) is 57.8 Å². The summed E-state index contributed by atoms with van der Waals surface area (Å²) < 4.78 is 0. The molecule has 2 rings (SSSR count). The molecule has 2 fully saturated rings. The summed E-state index contributed by atoms with van der Waals surface area (Å²) >= 11 is 0. The van der Waals surface area contributed by atoms with Gasteiger partial charge in [0.25, 0.3) is 0 Å². The highest BCUT2D eigenvalue weighted by molar-refractivity contribution is 5.77. The number of hydrogen-bond donors (Lipinski definition) is 3. The Balaban J connectivity index is 1.61. The fourth-order valence-corrected chi connectivity index (χ4v) is 3.30. The quantitative estimate of drug-likeness (QED) is 0.704. The monoisotopic (exact) mass is 281 g/mol. The van der Waals surface area contributed by atoms with Gasteiger partial charge in [-0.05, 0) is 51.5 Å². The molecule has 0 aromatic rings. The third-order valence-electron chi connectivity index (χ3n) is 4.63. The Morgan fingerprint density at radius 3 is 2.45 bits per heavy atom. The predicted octanol–water partition coefficient (Wildman–Crippen LogP) is 1.07. The average Bonchev–Trinajstić information content (AvgIpc) is 2.47. The highest BCUT2D eigenvalue weighted by Crippen LogP contribution is 2.24. The number of nitrogens with one attached hydrogen (secondary N) is 2. The standard InChI is InChI=1S/C15H27N3O2/c16-15(20)11-4-6-13(7-5-11)18-14(19)9-8-12-3-1-2-10-17-12/h11-13,17H,1-10H2,(H2,16,20)(H,18,19). The predicted molar refractivity (Wildman–Crippen MR) is 78.0 cm³/mol. The molecule has 1 heterocycles. The van der Waals surface area contributed by atoms with E-state index < -0.39 is 0 Å². The molecule has 0 spiro atoms. The van der Waals surface area contributed by atoms with Crippen molar-refractivity contribution in [2.75, 3.05) is 6.54 Å². The van der Waals surface area contributed by atoms with Gasteiger partial charge in [-0.2, -0.15) is 0 Å². The lowest BCUT2D eigenvalue weighted by Crippen LogP contribution is -2.40. The van der Waals surface area contributed by atoms with E-state index in [1.54, 1.807) is 0 Å². The third-order valence-corrected chi connectivity index (χ3v) is 4.63. The molecule has 0 bridgehead atoms. The minimum absolute atomic E-state index is 0.00888.